The van der Waals surface area contributed by atoms with Crippen LogP contribution in [0.3, 0.4) is 0 Å². The summed E-state index contributed by atoms with van der Waals surface area (Å²) < 4.78 is 321. The van der Waals surface area contributed by atoms with Gasteiger partial charge in [0.1, 0.15) is 46.5 Å². The van der Waals surface area contributed by atoms with Crippen LogP contribution in [0.4, 0.5) is 87.8 Å². The molecule has 2 saturated heterocycles. The average molecular weight is 1000 g/mol. The Labute approximate surface area is 360 Å². The van der Waals surface area contributed by atoms with E-state index in [9.17, 15) is 17.6 Å². The molecule has 358 valence electrons. The Kier molecular flexibility index (Phi) is 14.7. The third kappa shape index (κ3) is 8.66. The monoisotopic (exact) mass is 1000 g/mol. The number of hydrogen-bond acceptors (Lipinski definition) is 5. The molecule has 0 radical (unpaired) electrons. The van der Waals surface area contributed by atoms with Crippen LogP contribution < -0.4 is 31.1 Å². The Morgan fingerprint density at radius 1 is 0.323 bits per heavy atom. The lowest BCUT2D eigenvalue weighted by atomic mass is 9.42. The first-order chi connectivity index (χ1) is 29.8. The zero-order valence-electron chi connectivity index (χ0n) is 33.6. The summed E-state index contributed by atoms with van der Waals surface area (Å²) in [5.41, 5.74) is -10.5. The van der Waals surface area contributed by atoms with Crippen LogP contribution in [-0.4, -0.2) is 35.7 Å². The minimum atomic E-state index is -5.75. The van der Waals surface area contributed by atoms with Crippen molar-refractivity contribution in [3.63, 3.8) is 0 Å². The molecule has 6 rings (SSSR count). The Morgan fingerprint density at radius 3 is 0.631 bits per heavy atom. The van der Waals surface area contributed by atoms with Gasteiger partial charge in [-0.05, 0) is 54.4 Å². The summed E-state index contributed by atoms with van der Waals surface area (Å²) >= 11 is -7.16. The van der Waals surface area contributed by atoms with Gasteiger partial charge >= 0.3 is 13.0 Å². The number of hydrogen-bond donors (Lipinski definition) is 2. The fraction of sp³-hybridized carbons (Fsp3) is 0.333. The Morgan fingerprint density at radius 2 is 0.492 bits per heavy atom. The summed E-state index contributed by atoms with van der Waals surface area (Å²) in [4.78, 5) is 0. The van der Waals surface area contributed by atoms with E-state index >= 15 is 70.2 Å². The molecule has 29 heteroatoms. The van der Waals surface area contributed by atoms with Gasteiger partial charge in [-0.3, -0.25) is 0 Å². The van der Waals surface area contributed by atoms with Crippen molar-refractivity contribution in [3.05, 3.63) is 116 Å². The molecule has 0 aliphatic carbocycles. The zero-order valence-corrected chi connectivity index (χ0v) is 35.2. The molecule has 2 heterocycles. The van der Waals surface area contributed by atoms with Gasteiger partial charge in [0.05, 0.1) is 0 Å². The summed E-state index contributed by atoms with van der Waals surface area (Å²) in [5, 5.41) is 0. The fourth-order valence-electron chi connectivity index (χ4n) is 6.47. The lowest BCUT2D eigenvalue weighted by Gasteiger charge is -2.50. The highest BCUT2D eigenvalue weighted by atomic mass is 32.2. The summed E-state index contributed by atoms with van der Waals surface area (Å²) in [7, 11) is 0. The summed E-state index contributed by atoms with van der Waals surface area (Å²) in [6, 6.07) is 0. The molecule has 2 N–H and O–H groups in total. The van der Waals surface area contributed by atoms with Crippen molar-refractivity contribution in [1.29, 1.82) is 0 Å². The first kappa shape index (κ1) is 52.1. The molecule has 2 fully saturated rings. The van der Waals surface area contributed by atoms with Gasteiger partial charge in [0, 0.05) is 13.2 Å². The maximum atomic E-state index is 16.1. The first-order valence-corrected chi connectivity index (χ1v) is 20.5. The Bertz CT molecular complexity index is 2130. The standard InChI is InChI=1S/C32H20B2F20N2O2S2.C4H8O/c1-31(2,3)59-55-33(7-11(35)19(43)27(51)20(44)12(7)36,8-13(37)21(45)28(52)22(46)14(8)38)58-60(32(4,5)6)56-34(57-59,9-15(39)23(47)29(53)24(48)16(9)40)10-17(41)25(49)30(54)26(50)18(10)42;1-2-4-5-3-1/h55-56H,1-6H3;1-4H2. The van der Waals surface area contributed by atoms with Crippen molar-refractivity contribution < 1.29 is 101 Å². The largest absolute Gasteiger partial charge is 0.381 e. The van der Waals surface area contributed by atoms with Crippen molar-refractivity contribution in [2.75, 3.05) is 13.2 Å². The van der Waals surface area contributed by atoms with Crippen LogP contribution in [0.15, 0.2) is 0 Å². The third-order valence-corrected chi connectivity index (χ3v) is 13.8. The molecule has 4 aromatic rings. The normalized spacial score (nSPS) is 18.9. The molecule has 65 heavy (non-hydrogen) atoms. The first-order valence-electron chi connectivity index (χ1n) is 18.2. The Balaban J connectivity index is 0.00000148. The molecule has 0 amide bonds. The van der Waals surface area contributed by atoms with Gasteiger partial charge in [0.25, 0.3) is 0 Å². The third-order valence-electron chi connectivity index (χ3n) is 9.57. The number of rotatable bonds is 4. The second-order valence-corrected chi connectivity index (χ2v) is 20.4. The minimum Gasteiger partial charge on any atom is -0.381 e. The van der Waals surface area contributed by atoms with E-state index in [-0.39, 0.29) is 0 Å². The molecule has 2 atom stereocenters. The molecule has 0 aromatic heterocycles. The van der Waals surface area contributed by atoms with Crippen LogP contribution in [0.2, 0.25) is 0 Å². The van der Waals surface area contributed by atoms with Gasteiger partial charge < -0.3 is 12.9 Å². The van der Waals surface area contributed by atoms with Crippen molar-refractivity contribution in [1.82, 2.24) is 9.27 Å². The van der Waals surface area contributed by atoms with E-state index in [2.05, 4.69) is 0 Å². The molecule has 0 saturated carbocycles. The van der Waals surface area contributed by atoms with Crippen molar-refractivity contribution in [3.8, 4) is 0 Å². The van der Waals surface area contributed by atoms with Gasteiger partial charge in [-0.1, -0.05) is 21.9 Å². The molecule has 2 aliphatic heterocycles. The lowest BCUT2D eigenvalue weighted by molar-refractivity contribution is 0.198. The van der Waals surface area contributed by atoms with E-state index in [0.29, 0.717) is 0 Å². The highest BCUT2D eigenvalue weighted by Crippen LogP contribution is 2.36. The fourth-order valence-corrected chi connectivity index (χ4v) is 10.2. The molecular weight excluding hydrogens is 974 g/mol. The summed E-state index contributed by atoms with van der Waals surface area (Å²) in [5.74, 6) is -61.0. The van der Waals surface area contributed by atoms with E-state index in [4.69, 9.17) is 12.9 Å². The zero-order chi connectivity index (χ0) is 49.4. The average Bonchev–Trinajstić information content (AvgIpc) is 3.82. The topological polar surface area (TPSA) is 51.8 Å². The van der Waals surface area contributed by atoms with Gasteiger partial charge in [-0.15, -0.1) is 0 Å². The Hall–Kier alpha value is -3.89. The van der Waals surface area contributed by atoms with Crippen LogP contribution in [0, 0.1) is 116 Å². The van der Waals surface area contributed by atoms with Crippen LogP contribution in [-0.2, 0) is 35.7 Å². The number of ether oxygens (including phenoxy) is 1. The SMILES string of the molecule is C1CCOC1.CC(C)(C)[S+]1N[B-](c2c(F)c(F)c(F)c(F)c2F)(c2c(F)c(F)c(F)c(F)c2F)O[S+](C(C)(C)C)N[B-](c2c(F)c(F)c(F)c(F)c2F)(c2c(F)c(F)c(F)c(F)c2F)O1. The summed E-state index contributed by atoms with van der Waals surface area (Å²) in [6.07, 6.45) is 2.56. The molecular formula is C36H28B2F20N2O3S2. The van der Waals surface area contributed by atoms with E-state index in [1.165, 1.54) is 12.8 Å². The highest BCUT2D eigenvalue weighted by molar-refractivity contribution is 7.98. The van der Waals surface area contributed by atoms with Crippen LogP contribution >= 0.6 is 0 Å². The maximum absolute atomic E-state index is 16.1. The minimum absolute atomic E-state index is 0.768. The van der Waals surface area contributed by atoms with Gasteiger partial charge in [-0.25, -0.2) is 97.1 Å². The molecule has 2 aliphatic rings. The molecule has 2 unspecified atom stereocenters. The van der Waals surface area contributed by atoms with E-state index in [0.717, 1.165) is 54.8 Å². The molecule has 5 nitrogen and oxygen atoms in total. The summed E-state index contributed by atoms with van der Waals surface area (Å²) in [6.45, 7) is -4.90. The van der Waals surface area contributed by atoms with Crippen molar-refractivity contribution in [2.45, 2.75) is 63.9 Å². The van der Waals surface area contributed by atoms with Gasteiger partial charge in [-0.2, -0.15) is 0 Å². The van der Waals surface area contributed by atoms with Crippen LogP contribution in [0.1, 0.15) is 54.4 Å². The number of benzene rings is 4. The second-order valence-electron chi connectivity index (χ2n) is 16.0. The molecule has 4 aromatic carbocycles. The van der Waals surface area contributed by atoms with Crippen molar-refractivity contribution >= 4 is 57.5 Å². The number of nitrogens with one attached hydrogen (secondary N) is 2. The second kappa shape index (κ2) is 18.3. The van der Waals surface area contributed by atoms with E-state index < -0.39 is 183 Å². The predicted molar refractivity (Wildman–Crippen MR) is 198 cm³/mol. The van der Waals surface area contributed by atoms with Gasteiger partial charge in [0.15, 0.2) is 102 Å². The number of halogens is 20. The lowest BCUT2D eigenvalue weighted by Crippen LogP contribution is -2.85. The predicted octanol–water partition coefficient (Wildman–Crippen LogP) is 7.80. The molecule has 0 spiro atoms. The van der Waals surface area contributed by atoms with Crippen molar-refractivity contribution in [2.24, 2.45) is 0 Å². The molecule has 0 bridgehead atoms. The highest BCUT2D eigenvalue weighted by Gasteiger charge is 2.64. The van der Waals surface area contributed by atoms with E-state index in [1.807, 2.05) is 0 Å². The quantitative estimate of drug-likeness (QED) is 0.0720. The van der Waals surface area contributed by atoms with Gasteiger partial charge in [0.2, 0.25) is 0 Å². The van der Waals surface area contributed by atoms with E-state index in [1.54, 1.807) is 9.27 Å². The van der Waals surface area contributed by atoms with Crippen LogP contribution in [0.25, 0.3) is 0 Å². The maximum Gasteiger partial charge on any atom is 0.354 e. The van der Waals surface area contributed by atoms with Crippen LogP contribution in [0.5, 0.6) is 0 Å². The smallest absolute Gasteiger partial charge is 0.354 e.